The lowest BCUT2D eigenvalue weighted by molar-refractivity contribution is -0.150. The molecule has 0 aromatic carbocycles. The number of hydrogen-bond donors (Lipinski definition) is 5. The van der Waals surface area contributed by atoms with Crippen molar-refractivity contribution in [2.45, 2.75) is 39.3 Å². The second-order valence-electron chi connectivity index (χ2n) is 5.15. The first-order valence-corrected chi connectivity index (χ1v) is 7.61. The van der Waals surface area contributed by atoms with Gasteiger partial charge in [0.1, 0.15) is 12.1 Å². The van der Waals surface area contributed by atoms with Crippen LogP contribution in [-0.4, -0.2) is 52.6 Å². The summed E-state index contributed by atoms with van der Waals surface area (Å²) >= 11 is 3.97. The molecule has 2 amide bonds. The van der Waals surface area contributed by atoms with Gasteiger partial charge in [-0.1, -0.05) is 13.8 Å². The van der Waals surface area contributed by atoms with Crippen molar-refractivity contribution in [3.05, 3.63) is 0 Å². The smallest absolute Gasteiger partial charge is 0.329 e. The number of amides is 2. The Morgan fingerprint density at radius 1 is 1.23 bits per heavy atom. The van der Waals surface area contributed by atoms with Gasteiger partial charge >= 0.3 is 5.97 Å². The van der Waals surface area contributed by atoms with E-state index in [0.717, 1.165) is 0 Å². The number of hydrogen-bond acceptors (Lipinski definition) is 7. The lowest BCUT2D eigenvalue weighted by atomic mass is 9.90. The number of esters is 1. The van der Waals surface area contributed by atoms with E-state index in [9.17, 15) is 19.5 Å². The molecule has 0 saturated carbocycles. The van der Waals surface area contributed by atoms with E-state index in [1.807, 2.05) is 13.8 Å². The Labute approximate surface area is 135 Å². The van der Waals surface area contributed by atoms with Crippen molar-refractivity contribution in [1.29, 1.82) is 0 Å². The molecule has 0 heterocycles. The first kappa shape index (κ1) is 20.7. The summed E-state index contributed by atoms with van der Waals surface area (Å²) < 4.78 is 4.80. The van der Waals surface area contributed by atoms with Crippen LogP contribution in [0.15, 0.2) is 0 Å². The van der Waals surface area contributed by atoms with Gasteiger partial charge in [-0.3, -0.25) is 14.8 Å². The van der Waals surface area contributed by atoms with Crippen molar-refractivity contribution >= 4 is 30.4 Å². The van der Waals surface area contributed by atoms with Crippen LogP contribution in [-0.2, 0) is 19.1 Å². The first-order chi connectivity index (χ1) is 10.3. The molecule has 0 aliphatic carbocycles. The third kappa shape index (κ3) is 6.63. The minimum atomic E-state index is -1.73. The molecule has 9 heteroatoms. The van der Waals surface area contributed by atoms with Crippen molar-refractivity contribution in [3.8, 4) is 0 Å². The average molecular weight is 336 g/mol. The summed E-state index contributed by atoms with van der Waals surface area (Å²) in [7, 11) is 0. The van der Waals surface area contributed by atoms with Crippen molar-refractivity contribution in [1.82, 2.24) is 10.8 Å². The lowest BCUT2D eigenvalue weighted by Crippen LogP contribution is -2.51. The Balaban J connectivity index is 5.02. The van der Waals surface area contributed by atoms with Crippen LogP contribution in [0.25, 0.3) is 0 Å². The van der Waals surface area contributed by atoms with Gasteiger partial charge in [-0.2, -0.15) is 12.6 Å². The number of carbonyl (C=O) groups excluding carboxylic acids is 3. The normalized spacial score (nSPS) is 14.9. The molecule has 0 bridgehead atoms. The molecule has 0 unspecified atom stereocenters. The van der Waals surface area contributed by atoms with Crippen LogP contribution in [0, 0.1) is 11.8 Å². The molecular formula is C13H24N2O6S. The molecule has 0 spiro atoms. The monoisotopic (exact) mass is 336 g/mol. The van der Waals surface area contributed by atoms with E-state index in [0.29, 0.717) is 0 Å². The van der Waals surface area contributed by atoms with Gasteiger partial charge in [0.05, 0.1) is 12.5 Å². The number of ether oxygens (including phenoxy) is 1. The zero-order chi connectivity index (χ0) is 17.3. The van der Waals surface area contributed by atoms with Gasteiger partial charge in [-0.15, -0.1) is 0 Å². The van der Waals surface area contributed by atoms with Gasteiger partial charge in [0.15, 0.2) is 0 Å². The number of nitrogens with one attached hydrogen (secondary N) is 2. The Hall–Kier alpha value is -1.32. The van der Waals surface area contributed by atoms with Gasteiger partial charge in [0, 0.05) is 5.75 Å². The van der Waals surface area contributed by atoms with E-state index < -0.39 is 35.8 Å². The van der Waals surface area contributed by atoms with E-state index in [4.69, 9.17) is 9.94 Å². The summed E-state index contributed by atoms with van der Waals surface area (Å²) in [5.74, 6) is -3.49. The molecular weight excluding hydrogens is 312 g/mol. The molecule has 4 N–H and O–H groups in total. The van der Waals surface area contributed by atoms with E-state index in [2.05, 4.69) is 17.9 Å². The van der Waals surface area contributed by atoms with Gasteiger partial charge in [-0.05, 0) is 19.3 Å². The van der Waals surface area contributed by atoms with Crippen LogP contribution >= 0.6 is 12.6 Å². The standard InChI is InChI=1S/C13H24N2O6S/c1-4-21-13(19)9(6-22)14-11(17)8(5-7(2)3)10(16)12(18)15-20/h7-10,16,20,22H,4-6H2,1-3H3,(H,14,17)(H,15,18)/t8-,9+,10+/m1/s1. The number of aliphatic hydroxyl groups is 1. The van der Waals surface area contributed by atoms with E-state index in [1.165, 1.54) is 5.48 Å². The molecule has 0 radical (unpaired) electrons. The fourth-order valence-corrected chi connectivity index (χ4v) is 2.08. The molecule has 0 aliphatic rings. The lowest BCUT2D eigenvalue weighted by Gasteiger charge is -2.24. The molecule has 0 rings (SSSR count). The topological polar surface area (TPSA) is 125 Å². The Bertz CT molecular complexity index is 391. The minimum absolute atomic E-state index is 0.00828. The highest BCUT2D eigenvalue weighted by atomic mass is 32.1. The van der Waals surface area contributed by atoms with E-state index in [1.54, 1.807) is 6.92 Å². The number of carbonyl (C=O) groups is 3. The van der Waals surface area contributed by atoms with Crippen LogP contribution < -0.4 is 10.8 Å². The van der Waals surface area contributed by atoms with Crippen LogP contribution in [0.3, 0.4) is 0 Å². The minimum Gasteiger partial charge on any atom is -0.464 e. The van der Waals surface area contributed by atoms with Crippen molar-refractivity contribution in [2.24, 2.45) is 11.8 Å². The molecule has 128 valence electrons. The van der Waals surface area contributed by atoms with Crippen LogP contribution in [0.4, 0.5) is 0 Å². The summed E-state index contributed by atoms with van der Waals surface area (Å²) in [5.41, 5.74) is 1.31. The van der Waals surface area contributed by atoms with Gasteiger partial charge < -0.3 is 15.2 Å². The predicted octanol–water partition coefficient (Wildman–Crippen LogP) is -0.507. The highest BCUT2D eigenvalue weighted by Crippen LogP contribution is 2.17. The molecule has 8 nitrogen and oxygen atoms in total. The predicted molar refractivity (Wildman–Crippen MR) is 81.3 cm³/mol. The summed E-state index contributed by atoms with van der Waals surface area (Å²) in [6.45, 7) is 5.41. The van der Waals surface area contributed by atoms with Crippen molar-refractivity contribution < 1.29 is 29.4 Å². The molecule has 22 heavy (non-hydrogen) atoms. The SMILES string of the molecule is CCOC(=O)[C@H](CS)NC(=O)[C@H](CC(C)C)[C@H](O)C(=O)NO. The Kier molecular flexibility index (Phi) is 9.79. The molecule has 0 aromatic rings. The molecule has 0 aliphatic heterocycles. The zero-order valence-electron chi connectivity index (χ0n) is 12.9. The Morgan fingerprint density at radius 2 is 1.82 bits per heavy atom. The fourth-order valence-electron chi connectivity index (χ4n) is 1.84. The largest absolute Gasteiger partial charge is 0.464 e. The van der Waals surface area contributed by atoms with Gasteiger partial charge in [0.25, 0.3) is 5.91 Å². The average Bonchev–Trinajstić information content (AvgIpc) is 2.48. The van der Waals surface area contributed by atoms with Crippen molar-refractivity contribution in [3.63, 3.8) is 0 Å². The summed E-state index contributed by atoms with van der Waals surface area (Å²) in [4.78, 5) is 35.2. The maximum Gasteiger partial charge on any atom is 0.329 e. The first-order valence-electron chi connectivity index (χ1n) is 6.98. The Morgan fingerprint density at radius 3 is 2.23 bits per heavy atom. The third-order valence-corrected chi connectivity index (χ3v) is 3.26. The molecule has 0 aromatic heterocycles. The highest BCUT2D eigenvalue weighted by molar-refractivity contribution is 7.80. The second kappa shape index (κ2) is 10.4. The zero-order valence-corrected chi connectivity index (χ0v) is 13.8. The van der Waals surface area contributed by atoms with Gasteiger partial charge in [0.2, 0.25) is 5.91 Å². The maximum atomic E-state index is 12.2. The summed E-state index contributed by atoms with van der Waals surface area (Å²) in [6, 6.07) is -0.977. The highest BCUT2D eigenvalue weighted by Gasteiger charge is 2.34. The van der Waals surface area contributed by atoms with E-state index >= 15 is 0 Å². The number of thiol groups is 1. The second-order valence-corrected chi connectivity index (χ2v) is 5.52. The number of aliphatic hydroxyl groups excluding tert-OH is 1. The third-order valence-electron chi connectivity index (χ3n) is 2.89. The summed E-state index contributed by atoms with van der Waals surface area (Å²) in [5, 5.41) is 20.8. The van der Waals surface area contributed by atoms with Crippen LogP contribution in [0.1, 0.15) is 27.2 Å². The molecule has 3 atom stereocenters. The van der Waals surface area contributed by atoms with Crippen molar-refractivity contribution in [2.75, 3.05) is 12.4 Å². The van der Waals surface area contributed by atoms with E-state index in [-0.39, 0.29) is 24.7 Å². The summed E-state index contributed by atoms with van der Waals surface area (Å²) in [6.07, 6.45) is -1.53. The number of hydroxylamine groups is 1. The fraction of sp³-hybridized carbons (Fsp3) is 0.769. The number of rotatable bonds is 9. The quantitative estimate of drug-likeness (QED) is 0.167. The molecule has 0 fully saturated rings. The molecule has 0 saturated heterocycles. The maximum absolute atomic E-state index is 12.2. The van der Waals surface area contributed by atoms with Crippen LogP contribution in [0.5, 0.6) is 0 Å². The van der Waals surface area contributed by atoms with Gasteiger partial charge in [-0.25, -0.2) is 10.3 Å². The van der Waals surface area contributed by atoms with Crippen LogP contribution in [0.2, 0.25) is 0 Å².